The minimum Gasteiger partial charge on any atom is -0.349 e. The van der Waals surface area contributed by atoms with Crippen LogP contribution in [-0.4, -0.2) is 11.5 Å². The standard InChI is InChI=1S/C14H15BrN2S/c1-10-12-5-8-18-13(12)4-7-17(10)14-11(9-15)3-2-6-16-14/h2-3,5-6,8,10H,4,7,9H2,1H3. The van der Waals surface area contributed by atoms with E-state index in [9.17, 15) is 0 Å². The number of hydrogen-bond acceptors (Lipinski definition) is 3. The maximum atomic E-state index is 4.58. The molecule has 0 amide bonds. The summed E-state index contributed by atoms with van der Waals surface area (Å²) in [5.41, 5.74) is 2.74. The van der Waals surface area contributed by atoms with E-state index < -0.39 is 0 Å². The predicted octanol–water partition coefficient (Wildman–Crippen LogP) is 4.16. The molecule has 1 unspecified atom stereocenters. The van der Waals surface area contributed by atoms with Crippen molar-refractivity contribution < 1.29 is 0 Å². The number of halogens is 1. The summed E-state index contributed by atoms with van der Waals surface area (Å²) in [6.07, 6.45) is 3.02. The minimum atomic E-state index is 0.424. The van der Waals surface area contributed by atoms with E-state index in [4.69, 9.17) is 0 Å². The summed E-state index contributed by atoms with van der Waals surface area (Å²) in [5.74, 6) is 1.12. The number of anilines is 1. The van der Waals surface area contributed by atoms with Gasteiger partial charge in [0.1, 0.15) is 5.82 Å². The van der Waals surface area contributed by atoms with Crippen LogP contribution in [0.3, 0.4) is 0 Å². The molecular weight excluding hydrogens is 308 g/mol. The second-order valence-corrected chi connectivity index (χ2v) is 6.10. The van der Waals surface area contributed by atoms with Gasteiger partial charge in [-0.15, -0.1) is 11.3 Å². The number of fused-ring (bicyclic) bond motifs is 1. The number of pyridine rings is 1. The monoisotopic (exact) mass is 322 g/mol. The van der Waals surface area contributed by atoms with Crippen molar-refractivity contribution >= 4 is 33.1 Å². The highest BCUT2D eigenvalue weighted by Gasteiger charge is 2.26. The SMILES string of the molecule is CC1c2ccsc2CCN1c1ncccc1CBr. The molecule has 0 N–H and O–H groups in total. The van der Waals surface area contributed by atoms with Crippen LogP contribution in [0, 0.1) is 0 Å². The number of alkyl halides is 1. The van der Waals surface area contributed by atoms with Crippen molar-refractivity contribution in [1.82, 2.24) is 4.98 Å². The highest BCUT2D eigenvalue weighted by atomic mass is 79.9. The number of thiophene rings is 1. The van der Waals surface area contributed by atoms with Gasteiger partial charge in [-0.1, -0.05) is 22.0 Å². The summed E-state index contributed by atoms with van der Waals surface area (Å²) in [4.78, 5) is 8.54. The van der Waals surface area contributed by atoms with Crippen LogP contribution in [0.25, 0.3) is 0 Å². The van der Waals surface area contributed by atoms with Crippen molar-refractivity contribution in [3.05, 3.63) is 45.8 Å². The van der Waals surface area contributed by atoms with E-state index in [-0.39, 0.29) is 0 Å². The molecular formula is C14H15BrN2S. The maximum absolute atomic E-state index is 4.58. The van der Waals surface area contributed by atoms with Gasteiger partial charge in [0.25, 0.3) is 0 Å². The molecule has 0 aliphatic carbocycles. The molecule has 1 aliphatic heterocycles. The lowest BCUT2D eigenvalue weighted by atomic mass is 10.0. The van der Waals surface area contributed by atoms with Crippen LogP contribution >= 0.6 is 27.3 Å². The highest BCUT2D eigenvalue weighted by Crippen LogP contribution is 2.36. The van der Waals surface area contributed by atoms with Crippen LogP contribution < -0.4 is 4.90 Å². The van der Waals surface area contributed by atoms with Crippen molar-refractivity contribution in [3.8, 4) is 0 Å². The first-order chi connectivity index (χ1) is 8.81. The van der Waals surface area contributed by atoms with Gasteiger partial charge in [0.05, 0.1) is 6.04 Å². The molecule has 0 bridgehead atoms. The average molecular weight is 323 g/mol. The number of nitrogens with zero attached hydrogens (tertiary/aromatic N) is 2. The Balaban J connectivity index is 1.99. The van der Waals surface area contributed by atoms with Gasteiger partial charge < -0.3 is 4.90 Å². The molecule has 94 valence electrons. The van der Waals surface area contributed by atoms with E-state index in [1.54, 1.807) is 0 Å². The molecule has 1 aliphatic rings. The summed E-state index contributed by atoms with van der Waals surface area (Å²) in [6, 6.07) is 6.83. The summed E-state index contributed by atoms with van der Waals surface area (Å²) < 4.78 is 0. The van der Waals surface area contributed by atoms with Gasteiger partial charge in [-0.25, -0.2) is 4.98 Å². The topological polar surface area (TPSA) is 16.1 Å². The lowest BCUT2D eigenvalue weighted by Gasteiger charge is -2.35. The molecule has 0 radical (unpaired) electrons. The summed E-state index contributed by atoms with van der Waals surface area (Å²) in [7, 11) is 0. The fourth-order valence-corrected chi connectivity index (χ4v) is 3.99. The van der Waals surface area contributed by atoms with E-state index in [0.717, 1.165) is 24.1 Å². The molecule has 18 heavy (non-hydrogen) atoms. The van der Waals surface area contributed by atoms with Crippen molar-refractivity contribution in [3.63, 3.8) is 0 Å². The molecule has 0 saturated carbocycles. The quantitative estimate of drug-likeness (QED) is 0.772. The minimum absolute atomic E-state index is 0.424. The maximum Gasteiger partial charge on any atom is 0.133 e. The lowest BCUT2D eigenvalue weighted by molar-refractivity contribution is 0.623. The Hall–Kier alpha value is -0.870. The van der Waals surface area contributed by atoms with E-state index in [1.807, 2.05) is 23.6 Å². The van der Waals surface area contributed by atoms with Crippen molar-refractivity contribution in [2.45, 2.75) is 24.7 Å². The van der Waals surface area contributed by atoms with Crippen LogP contribution in [-0.2, 0) is 11.8 Å². The second kappa shape index (κ2) is 5.02. The normalized spacial score (nSPS) is 18.8. The first-order valence-corrected chi connectivity index (χ1v) is 8.14. The molecule has 1 atom stereocenters. The molecule has 0 saturated heterocycles. The van der Waals surface area contributed by atoms with Crippen LogP contribution in [0.5, 0.6) is 0 Å². The molecule has 4 heteroatoms. The number of hydrogen-bond donors (Lipinski definition) is 0. The average Bonchev–Trinajstić information content (AvgIpc) is 2.88. The predicted molar refractivity (Wildman–Crippen MR) is 80.7 cm³/mol. The van der Waals surface area contributed by atoms with Crippen LogP contribution in [0.15, 0.2) is 29.8 Å². The fraction of sp³-hybridized carbons (Fsp3) is 0.357. The summed E-state index contributed by atoms with van der Waals surface area (Å²) >= 11 is 5.43. The fourth-order valence-electron chi connectivity index (χ4n) is 2.59. The first kappa shape index (κ1) is 12.2. The molecule has 0 aromatic carbocycles. The van der Waals surface area contributed by atoms with Gasteiger partial charge in [0.15, 0.2) is 0 Å². The van der Waals surface area contributed by atoms with Gasteiger partial charge >= 0.3 is 0 Å². The Bertz CT molecular complexity index is 552. The van der Waals surface area contributed by atoms with Crippen molar-refractivity contribution in [2.24, 2.45) is 0 Å². The molecule has 0 fully saturated rings. The third kappa shape index (κ3) is 1.97. The molecule has 0 spiro atoms. The summed E-state index contributed by atoms with van der Waals surface area (Å²) in [5, 5.41) is 3.06. The van der Waals surface area contributed by atoms with Gasteiger partial charge in [0.2, 0.25) is 0 Å². The third-order valence-corrected chi connectivity index (χ3v) is 5.16. The smallest absolute Gasteiger partial charge is 0.133 e. The van der Waals surface area contributed by atoms with Crippen LogP contribution in [0.1, 0.15) is 29.0 Å². The van der Waals surface area contributed by atoms with E-state index >= 15 is 0 Å². The zero-order chi connectivity index (χ0) is 12.5. The Morgan fingerprint density at radius 1 is 1.50 bits per heavy atom. The first-order valence-electron chi connectivity index (χ1n) is 6.14. The van der Waals surface area contributed by atoms with Gasteiger partial charge in [0, 0.05) is 28.5 Å². The van der Waals surface area contributed by atoms with Gasteiger partial charge in [-0.2, -0.15) is 0 Å². The summed E-state index contributed by atoms with van der Waals surface area (Å²) in [6.45, 7) is 3.34. The molecule has 2 aromatic rings. The van der Waals surface area contributed by atoms with Gasteiger partial charge in [-0.3, -0.25) is 0 Å². The zero-order valence-corrected chi connectivity index (χ0v) is 12.7. The van der Waals surface area contributed by atoms with Crippen molar-refractivity contribution in [2.75, 3.05) is 11.4 Å². The Labute approximate surface area is 120 Å². The van der Waals surface area contributed by atoms with E-state index in [0.29, 0.717) is 6.04 Å². The Morgan fingerprint density at radius 3 is 3.22 bits per heavy atom. The van der Waals surface area contributed by atoms with E-state index in [2.05, 4.69) is 50.3 Å². The van der Waals surface area contributed by atoms with Crippen LogP contribution in [0.4, 0.5) is 5.82 Å². The Kier molecular flexibility index (Phi) is 3.39. The number of rotatable bonds is 2. The van der Waals surface area contributed by atoms with Gasteiger partial charge in [-0.05, 0) is 36.4 Å². The molecule has 2 aromatic heterocycles. The second-order valence-electron chi connectivity index (χ2n) is 4.54. The largest absolute Gasteiger partial charge is 0.349 e. The van der Waals surface area contributed by atoms with E-state index in [1.165, 1.54) is 16.0 Å². The third-order valence-electron chi connectivity index (χ3n) is 3.56. The molecule has 3 rings (SSSR count). The molecule has 3 heterocycles. The van der Waals surface area contributed by atoms with Crippen LogP contribution in [0.2, 0.25) is 0 Å². The lowest BCUT2D eigenvalue weighted by Crippen LogP contribution is -2.34. The zero-order valence-electron chi connectivity index (χ0n) is 10.3. The van der Waals surface area contributed by atoms with Crippen molar-refractivity contribution in [1.29, 1.82) is 0 Å². The Morgan fingerprint density at radius 2 is 2.39 bits per heavy atom. The highest BCUT2D eigenvalue weighted by molar-refractivity contribution is 9.08. The number of aromatic nitrogens is 1. The molecule has 2 nitrogen and oxygen atoms in total.